The van der Waals surface area contributed by atoms with E-state index in [-0.39, 0.29) is 20.4 Å². The minimum absolute atomic E-state index is 0.236. The molecule has 20 heavy (non-hydrogen) atoms. The molecule has 0 aliphatic heterocycles. The van der Waals surface area contributed by atoms with Crippen molar-refractivity contribution in [2.45, 2.75) is 13.8 Å². The van der Waals surface area contributed by atoms with Crippen LogP contribution in [-0.2, 0) is 7.05 Å². The molecular formula is C12H13BClF4NTe. The summed E-state index contributed by atoms with van der Waals surface area (Å²) in [4.78, 5) is 0. The Morgan fingerprint density at radius 3 is 2.35 bits per heavy atom. The molecule has 0 unspecified atom stereocenters. The van der Waals surface area contributed by atoms with Crippen LogP contribution in [-0.4, -0.2) is 27.7 Å². The van der Waals surface area contributed by atoms with Gasteiger partial charge in [0.15, 0.2) is 0 Å². The number of rotatable bonds is 1. The average molecular weight is 421 g/mol. The quantitative estimate of drug-likeness (QED) is 0.374. The topological polar surface area (TPSA) is 3.88 Å². The first kappa shape index (κ1) is 17.5. The van der Waals surface area contributed by atoms with Crippen LogP contribution in [0.1, 0.15) is 16.2 Å². The van der Waals surface area contributed by atoms with Gasteiger partial charge in [-0.05, 0) is 0 Å². The molecule has 0 spiro atoms. The first-order valence-corrected chi connectivity index (χ1v) is 8.39. The predicted octanol–water partition coefficient (Wildman–Crippen LogP) is 3.93. The number of allylic oxidation sites excluding steroid dienone is 1. The van der Waals surface area contributed by atoms with Crippen molar-refractivity contribution in [2.24, 2.45) is 7.05 Å². The summed E-state index contributed by atoms with van der Waals surface area (Å²) in [5.74, 6) is 0. The molecule has 0 saturated carbocycles. The average Bonchev–Trinajstić information content (AvgIpc) is 2.53. The maximum absolute atomic E-state index is 9.75. The summed E-state index contributed by atoms with van der Waals surface area (Å²) in [6.45, 7) is 4.07. The van der Waals surface area contributed by atoms with E-state index >= 15 is 0 Å². The van der Waals surface area contributed by atoms with E-state index in [0.717, 1.165) is 5.03 Å². The van der Waals surface area contributed by atoms with E-state index in [1.807, 2.05) is 6.92 Å². The smallest absolute Gasteiger partial charge is 0.418 e. The monoisotopic (exact) mass is 423 g/mol. The molecule has 1 aromatic heterocycles. The van der Waals surface area contributed by atoms with Crippen LogP contribution in [0.3, 0.4) is 0 Å². The zero-order valence-corrected chi connectivity index (χ0v) is 14.2. The molecule has 0 aliphatic rings. The van der Waals surface area contributed by atoms with Crippen molar-refractivity contribution in [1.29, 1.82) is 0 Å². The molecule has 1 aromatic carbocycles. The first-order valence-electron chi connectivity index (χ1n) is 5.68. The van der Waals surface area contributed by atoms with Crippen molar-refractivity contribution in [3.63, 3.8) is 0 Å². The fourth-order valence-corrected chi connectivity index (χ4v) is 5.11. The second kappa shape index (κ2) is 6.97. The van der Waals surface area contributed by atoms with Crippen LogP contribution < -0.4 is 4.57 Å². The molecule has 0 N–H and O–H groups in total. The predicted molar refractivity (Wildman–Crippen MR) is 76.5 cm³/mol. The van der Waals surface area contributed by atoms with Gasteiger partial charge in [-0.2, -0.15) is 0 Å². The van der Waals surface area contributed by atoms with Crippen molar-refractivity contribution >= 4 is 54.3 Å². The van der Waals surface area contributed by atoms with Gasteiger partial charge >= 0.3 is 112 Å². The zero-order valence-electron chi connectivity index (χ0n) is 11.1. The Balaban J connectivity index is 0.000000347. The molecule has 8 heteroatoms. The Bertz CT molecular complexity index is 626. The summed E-state index contributed by atoms with van der Waals surface area (Å²) in [7, 11) is -3.87. The SMILES string of the molecule is CC(Cl)=Cc1[te]c2ccc(C)cc2[n+]1C.F[B-](F)(F)F. The number of aromatic nitrogens is 1. The minimum atomic E-state index is -6.00. The van der Waals surface area contributed by atoms with E-state index in [1.54, 1.807) is 0 Å². The number of fused-ring (bicyclic) bond motifs is 1. The van der Waals surface area contributed by atoms with Gasteiger partial charge in [0.25, 0.3) is 0 Å². The summed E-state index contributed by atoms with van der Waals surface area (Å²) < 4.78 is 44.2. The summed E-state index contributed by atoms with van der Waals surface area (Å²) in [6.07, 6.45) is 2.10. The van der Waals surface area contributed by atoms with Gasteiger partial charge in [0, 0.05) is 0 Å². The second-order valence-corrected chi connectivity index (χ2v) is 7.82. The zero-order chi connectivity index (χ0) is 15.5. The van der Waals surface area contributed by atoms with Gasteiger partial charge in [-0.3, -0.25) is 0 Å². The van der Waals surface area contributed by atoms with Crippen LogP contribution in [0.2, 0.25) is 0 Å². The van der Waals surface area contributed by atoms with E-state index in [1.165, 1.54) is 18.2 Å². The van der Waals surface area contributed by atoms with Crippen LogP contribution >= 0.6 is 11.6 Å². The third-order valence-electron chi connectivity index (χ3n) is 2.34. The van der Waals surface area contributed by atoms with Gasteiger partial charge in [-0.1, -0.05) is 0 Å². The van der Waals surface area contributed by atoms with Crippen molar-refractivity contribution < 1.29 is 21.8 Å². The molecule has 0 saturated heterocycles. The number of nitrogens with zero attached hydrogens (tertiary/aromatic N) is 1. The van der Waals surface area contributed by atoms with Gasteiger partial charge in [0.05, 0.1) is 0 Å². The van der Waals surface area contributed by atoms with E-state index in [0.29, 0.717) is 0 Å². The maximum atomic E-state index is 9.75. The molecule has 2 rings (SSSR count). The molecule has 0 fully saturated rings. The van der Waals surface area contributed by atoms with Crippen molar-refractivity contribution in [1.82, 2.24) is 0 Å². The number of benzene rings is 1. The Kier molecular flexibility index (Phi) is 6.12. The number of aryl methyl sites for hydroxylation is 2. The summed E-state index contributed by atoms with van der Waals surface area (Å²) in [5.41, 5.74) is 2.68. The number of halogens is 5. The summed E-state index contributed by atoms with van der Waals surface area (Å²) in [6, 6.07) is 6.70. The molecule has 0 amide bonds. The normalized spacial score (nSPS) is 12.3. The fraction of sp³-hybridized carbons (Fsp3) is 0.250. The van der Waals surface area contributed by atoms with Gasteiger partial charge in [0.2, 0.25) is 0 Å². The fourth-order valence-electron chi connectivity index (χ4n) is 1.57. The summed E-state index contributed by atoms with van der Waals surface area (Å²) >= 11 is 5.70. The Labute approximate surface area is 129 Å². The van der Waals surface area contributed by atoms with Crippen LogP contribution in [0, 0.1) is 6.92 Å². The Morgan fingerprint density at radius 1 is 1.30 bits per heavy atom. The van der Waals surface area contributed by atoms with E-state index in [2.05, 4.69) is 42.8 Å². The molecular weight excluding hydrogens is 408 g/mol. The molecule has 0 atom stereocenters. The standard InChI is InChI=1S/C12H13ClNTe.BF4/c1-8-4-5-11-10(6-8)14(3)12(15-11)7-9(2)13;2-1(3,4)5/h4-7H,1-3H3;/q+1;-1. The van der Waals surface area contributed by atoms with E-state index in [9.17, 15) is 17.3 Å². The van der Waals surface area contributed by atoms with Crippen LogP contribution in [0.5, 0.6) is 0 Å². The van der Waals surface area contributed by atoms with Crippen molar-refractivity contribution in [3.8, 4) is 0 Å². The third kappa shape index (κ3) is 5.86. The molecule has 0 bridgehead atoms. The maximum Gasteiger partial charge on any atom is 0.673 e. The largest absolute Gasteiger partial charge is 0.673 e. The first-order chi connectivity index (χ1) is 9.08. The van der Waals surface area contributed by atoms with Gasteiger partial charge in [-0.25, -0.2) is 0 Å². The molecule has 1 nitrogen and oxygen atoms in total. The van der Waals surface area contributed by atoms with E-state index in [4.69, 9.17) is 11.6 Å². The molecule has 2 aromatic rings. The third-order valence-corrected chi connectivity index (χ3v) is 5.78. The van der Waals surface area contributed by atoms with Gasteiger partial charge in [0.1, 0.15) is 0 Å². The van der Waals surface area contributed by atoms with Gasteiger partial charge in [-0.15, -0.1) is 0 Å². The number of hydrogen-bond acceptors (Lipinski definition) is 0. The second-order valence-electron chi connectivity index (χ2n) is 4.20. The Morgan fingerprint density at radius 2 is 1.85 bits per heavy atom. The van der Waals surface area contributed by atoms with Crippen molar-refractivity contribution in [2.75, 3.05) is 0 Å². The molecule has 1 heterocycles. The minimum Gasteiger partial charge on any atom is -0.418 e. The van der Waals surface area contributed by atoms with Crippen LogP contribution in [0.25, 0.3) is 15.0 Å². The van der Waals surface area contributed by atoms with E-state index < -0.39 is 7.25 Å². The van der Waals surface area contributed by atoms with Crippen LogP contribution in [0.15, 0.2) is 23.2 Å². The van der Waals surface area contributed by atoms with Gasteiger partial charge < -0.3 is 17.3 Å². The molecule has 110 valence electrons. The van der Waals surface area contributed by atoms with Crippen LogP contribution in [0.4, 0.5) is 17.3 Å². The Hall–Kier alpha value is -0.505. The molecule has 0 radical (unpaired) electrons. The number of hydrogen-bond donors (Lipinski definition) is 0. The van der Waals surface area contributed by atoms with Crippen molar-refractivity contribution in [3.05, 3.63) is 32.5 Å². The summed E-state index contributed by atoms with van der Waals surface area (Å²) in [5, 5.41) is 0.867. The molecule has 0 aliphatic carbocycles.